The SMILES string of the molecule is CC/C=C\C/C=C\C/C=C\C/C=C\C/C=C\C/C=C\C/C=C\C/C=C\C/C=C\C/C=C\C/C=C\CCCCCCCCCC(=O)NC(COC1OC(CO)C(OC2OC(CO)C(OC3OC(CO)C(O)C(O)C3O)C(O)C2O)C(O)C1O)C(O)/C=C/CC/C=C/CCCCCCCCCCCCC. The van der Waals surface area contributed by atoms with Gasteiger partial charge >= 0.3 is 0 Å². The summed E-state index contributed by atoms with van der Waals surface area (Å²) in [6.45, 7) is 1.57. The summed E-state index contributed by atoms with van der Waals surface area (Å²) in [5, 5.41) is 121. The summed E-state index contributed by atoms with van der Waals surface area (Å²) < 4.78 is 34.4. The van der Waals surface area contributed by atoms with Crippen molar-refractivity contribution in [2.75, 3.05) is 26.4 Å². The average Bonchev–Trinajstić information content (AvgIpc) is 0.782. The zero-order valence-electron chi connectivity index (χ0n) is 62.5. The number of ether oxygens (including phenoxy) is 6. The molecule has 3 aliphatic heterocycles. The Morgan fingerprint density at radius 3 is 1.09 bits per heavy atom. The van der Waals surface area contributed by atoms with Crippen LogP contribution in [0.3, 0.4) is 0 Å². The van der Waals surface area contributed by atoms with E-state index in [0.29, 0.717) is 12.8 Å². The molecule has 0 spiro atoms. The molecule has 0 radical (unpaired) electrons. The first-order chi connectivity index (χ1) is 50.3. The second-order valence-corrected chi connectivity index (χ2v) is 27.1. The molecule has 3 fully saturated rings. The molecule has 0 aromatic heterocycles. The van der Waals surface area contributed by atoms with E-state index in [-0.39, 0.29) is 18.9 Å². The maximum Gasteiger partial charge on any atom is 0.220 e. The first-order valence-corrected chi connectivity index (χ1v) is 39.2. The number of amides is 1. The van der Waals surface area contributed by atoms with Crippen LogP contribution >= 0.6 is 0 Å². The molecule has 0 saturated carbocycles. The number of carbonyl (C=O) groups is 1. The van der Waals surface area contributed by atoms with Crippen LogP contribution in [0.2, 0.25) is 0 Å². The maximum absolute atomic E-state index is 13.4. The maximum atomic E-state index is 13.4. The highest BCUT2D eigenvalue weighted by molar-refractivity contribution is 5.76. The van der Waals surface area contributed by atoms with Gasteiger partial charge in [-0.1, -0.05) is 268 Å². The predicted molar refractivity (Wildman–Crippen MR) is 410 cm³/mol. The first kappa shape index (κ1) is 92.6. The number of nitrogens with one attached hydrogen (secondary N) is 1. The Labute approximate surface area is 618 Å². The van der Waals surface area contributed by atoms with Crippen molar-refractivity contribution in [1.82, 2.24) is 5.32 Å². The molecule has 12 N–H and O–H groups in total. The van der Waals surface area contributed by atoms with Gasteiger partial charge in [0.1, 0.15) is 73.2 Å². The topological polar surface area (TPSA) is 307 Å². The molecule has 0 aliphatic carbocycles. The molecular formula is C84H137NO18. The van der Waals surface area contributed by atoms with Gasteiger partial charge in [-0.3, -0.25) is 4.79 Å². The molecule has 0 aromatic carbocycles. The fourth-order valence-electron chi connectivity index (χ4n) is 12.0. The van der Waals surface area contributed by atoms with Gasteiger partial charge < -0.3 is 89.9 Å². The Morgan fingerprint density at radius 1 is 0.359 bits per heavy atom. The Bertz CT molecular complexity index is 2480. The van der Waals surface area contributed by atoms with E-state index in [4.69, 9.17) is 28.4 Å². The highest BCUT2D eigenvalue weighted by Gasteiger charge is 2.53. The smallest absolute Gasteiger partial charge is 0.220 e. The van der Waals surface area contributed by atoms with E-state index in [0.717, 1.165) is 135 Å². The third kappa shape index (κ3) is 42.5. The van der Waals surface area contributed by atoms with Crippen LogP contribution in [-0.2, 0) is 33.2 Å². The molecule has 17 atom stereocenters. The summed E-state index contributed by atoms with van der Waals surface area (Å²) in [6.07, 6.45) is 65.1. The second kappa shape index (κ2) is 62.4. The summed E-state index contributed by atoms with van der Waals surface area (Å²) in [6, 6.07) is -1.01. The van der Waals surface area contributed by atoms with E-state index in [1.807, 2.05) is 6.08 Å². The van der Waals surface area contributed by atoms with Crippen molar-refractivity contribution in [2.24, 2.45) is 0 Å². The van der Waals surface area contributed by atoms with Crippen LogP contribution in [0.5, 0.6) is 0 Å². The van der Waals surface area contributed by atoms with Crippen LogP contribution in [0, 0.1) is 0 Å². The van der Waals surface area contributed by atoms with Gasteiger partial charge in [0.15, 0.2) is 18.9 Å². The van der Waals surface area contributed by atoms with Crippen molar-refractivity contribution in [3.8, 4) is 0 Å². The Morgan fingerprint density at radius 2 is 0.680 bits per heavy atom. The lowest BCUT2D eigenvalue weighted by Gasteiger charge is -2.48. The van der Waals surface area contributed by atoms with Crippen LogP contribution < -0.4 is 5.32 Å². The molecule has 0 aromatic rings. The van der Waals surface area contributed by atoms with E-state index in [1.54, 1.807) is 6.08 Å². The molecule has 103 heavy (non-hydrogen) atoms. The summed E-state index contributed by atoms with van der Waals surface area (Å²) in [7, 11) is 0. The fraction of sp³-hybridized carbons (Fsp3) is 0.679. The number of rotatable bonds is 59. The Kier molecular flexibility index (Phi) is 56.2. The number of allylic oxidation sites excluding steroid dienone is 25. The van der Waals surface area contributed by atoms with Crippen molar-refractivity contribution < 1.29 is 89.4 Å². The average molecular weight is 1450 g/mol. The minimum atomic E-state index is -1.99. The number of hydrogen-bond donors (Lipinski definition) is 12. The molecule has 19 nitrogen and oxygen atoms in total. The van der Waals surface area contributed by atoms with Crippen LogP contribution in [0.1, 0.15) is 232 Å². The van der Waals surface area contributed by atoms with E-state index in [2.05, 4.69) is 165 Å². The molecule has 3 saturated heterocycles. The monoisotopic (exact) mass is 1450 g/mol. The molecular weight excluding hydrogens is 1310 g/mol. The van der Waals surface area contributed by atoms with E-state index in [9.17, 15) is 61.0 Å². The lowest BCUT2D eigenvalue weighted by molar-refractivity contribution is -0.379. The van der Waals surface area contributed by atoms with E-state index < -0.39 is 124 Å². The number of unbranched alkanes of at least 4 members (excludes halogenated alkanes) is 19. The van der Waals surface area contributed by atoms with Gasteiger partial charge in [0, 0.05) is 6.42 Å². The van der Waals surface area contributed by atoms with Crippen LogP contribution in [0.25, 0.3) is 0 Å². The predicted octanol–water partition coefficient (Wildman–Crippen LogP) is 12.8. The fourth-order valence-corrected chi connectivity index (χ4v) is 12.0. The summed E-state index contributed by atoms with van der Waals surface area (Å²) in [5.41, 5.74) is 0. The highest BCUT2D eigenvalue weighted by Crippen LogP contribution is 2.33. The molecule has 3 rings (SSSR count). The van der Waals surface area contributed by atoms with Gasteiger partial charge in [-0.25, -0.2) is 0 Å². The van der Waals surface area contributed by atoms with Gasteiger partial charge in [-0.05, 0) is 116 Å². The lowest BCUT2D eigenvalue weighted by Crippen LogP contribution is -2.66. The quantitative estimate of drug-likeness (QED) is 0.0199. The van der Waals surface area contributed by atoms with Gasteiger partial charge in [0.2, 0.25) is 5.91 Å². The largest absolute Gasteiger partial charge is 0.394 e. The second-order valence-electron chi connectivity index (χ2n) is 27.1. The number of aliphatic hydroxyl groups is 11. The van der Waals surface area contributed by atoms with Crippen molar-refractivity contribution in [2.45, 2.75) is 336 Å². The third-order valence-corrected chi connectivity index (χ3v) is 18.3. The Hall–Kier alpha value is -4.59. The van der Waals surface area contributed by atoms with Crippen molar-refractivity contribution in [3.05, 3.63) is 158 Å². The number of carbonyl (C=O) groups excluding carboxylic acids is 1. The zero-order valence-corrected chi connectivity index (χ0v) is 62.5. The molecule has 19 heteroatoms. The molecule has 0 bridgehead atoms. The van der Waals surface area contributed by atoms with Crippen molar-refractivity contribution >= 4 is 5.91 Å². The summed E-state index contributed by atoms with van der Waals surface area (Å²) in [4.78, 5) is 13.4. The van der Waals surface area contributed by atoms with Crippen molar-refractivity contribution in [3.63, 3.8) is 0 Å². The van der Waals surface area contributed by atoms with Gasteiger partial charge in [-0.2, -0.15) is 0 Å². The minimum absolute atomic E-state index is 0.212. The van der Waals surface area contributed by atoms with Crippen LogP contribution in [0.15, 0.2) is 158 Å². The van der Waals surface area contributed by atoms with Gasteiger partial charge in [0.25, 0.3) is 0 Å². The summed E-state index contributed by atoms with van der Waals surface area (Å²) in [5.74, 6) is -0.303. The first-order valence-electron chi connectivity index (χ1n) is 39.2. The number of aliphatic hydroxyl groups excluding tert-OH is 11. The molecule has 17 unspecified atom stereocenters. The number of hydrogen-bond acceptors (Lipinski definition) is 18. The van der Waals surface area contributed by atoms with Crippen LogP contribution in [0.4, 0.5) is 0 Å². The van der Waals surface area contributed by atoms with Gasteiger partial charge in [-0.15, -0.1) is 0 Å². The van der Waals surface area contributed by atoms with Crippen molar-refractivity contribution in [1.29, 1.82) is 0 Å². The standard InChI is InChI=1S/C84H137NO18/c1-3-5-7-9-11-13-15-17-19-21-22-23-24-25-26-27-28-29-30-31-32-33-34-35-36-37-38-39-40-41-42-43-44-46-48-50-52-54-56-58-60-62-72(90)85-67(68(89)61-59-57-55-53-51-49-47-45-20-18-16-14-12-10-8-6-4-2)66-98-82-78(96)75(93)80(70(64-87)100-82)103-84-79(97)76(94)81(71(65-88)101-84)102-83-77(95)74(92)73(91)69(63-86)99-83/h5,7,11,13,17,19,22-23,25-26,28-29,31-32,34-35,37-38,40-41,43-44,51,53,59,61,67-71,73-84,86-89,91-97H,3-4,6,8-10,12,14-16,18,20-21,24,27,30,33,36,39,42,45-50,52,54-58,60,62-66H2,1-2H3,(H,85,90)/b7-5-,13-11-,19-17-,23-22-,26-25-,29-28-,32-31-,35-34-,38-37-,41-40-,44-43-,53-51+,61-59+. The third-order valence-electron chi connectivity index (χ3n) is 18.3. The van der Waals surface area contributed by atoms with Gasteiger partial charge in [0.05, 0.1) is 38.6 Å². The normalized spacial score (nSPS) is 26.9. The minimum Gasteiger partial charge on any atom is -0.394 e. The molecule has 3 heterocycles. The molecule has 3 aliphatic rings. The Balaban J connectivity index is 1.36. The zero-order chi connectivity index (χ0) is 74.6. The molecule has 1 amide bonds. The molecule has 586 valence electrons. The highest BCUT2D eigenvalue weighted by atomic mass is 16.8. The van der Waals surface area contributed by atoms with E-state index in [1.165, 1.54) is 64.2 Å². The summed E-state index contributed by atoms with van der Waals surface area (Å²) >= 11 is 0. The van der Waals surface area contributed by atoms with E-state index >= 15 is 0 Å². The lowest BCUT2D eigenvalue weighted by atomic mass is 9.96. The van der Waals surface area contributed by atoms with Crippen LogP contribution in [-0.4, -0.2) is 193 Å².